The maximum atomic E-state index is 11.5. The first-order valence-corrected chi connectivity index (χ1v) is 5.92. The maximum Gasteiger partial charge on any atom is 0.236 e. The number of carbonyl (C=O) groups excluding carboxylic acids is 1. The summed E-state index contributed by atoms with van der Waals surface area (Å²) in [7, 11) is 5.49. The third kappa shape index (κ3) is 3.94. The summed E-state index contributed by atoms with van der Waals surface area (Å²) < 4.78 is 1.08. The summed E-state index contributed by atoms with van der Waals surface area (Å²) in [6, 6.07) is 8.05. The molecule has 1 aromatic rings. The molecule has 0 aliphatic heterocycles. The first kappa shape index (κ1) is 13.2. The Bertz CT molecular complexity index is 366. The van der Waals surface area contributed by atoms with Crippen LogP contribution in [0.4, 0.5) is 0 Å². The third-order valence-electron chi connectivity index (χ3n) is 2.30. The number of carbonyl (C=O) groups is 1. The van der Waals surface area contributed by atoms with Crippen LogP contribution in [0.25, 0.3) is 0 Å². The molecule has 1 aromatic carbocycles. The van der Waals surface area contributed by atoms with Gasteiger partial charge in [0.1, 0.15) is 0 Å². The van der Waals surface area contributed by atoms with Crippen LogP contribution >= 0.6 is 15.9 Å². The molecule has 0 heterocycles. The lowest BCUT2D eigenvalue weighted by Gasteiger charge is -2.19. The number of amides is 1. The molecule has 0 saturated carbocycles. The average Bonchev–Trinajstić information content (AvgIpc) is 2.21. The van der Waals surface area contributed by atoms with Gasteiger partial charge in [0.15, 0.2) is 0 Å². The van der Waals surface area contributed by atoms with Crippen molar-refractivity contribution in [2.24, 2.45) is 0 Å². The molecule has 0 fully saturated rings. The van der Waals surface area contributed by atoms with Crippen molar-refractivity contribution in [1.82, 2.24) is 9.80 Å². The van der Waals surface area contributed by atoms with E-state index in [0.717, 1.165) is 11.0 Å². The molecule has 1 rings (SSSR count). The second-order valence-corrected chi connectivity index (χ2v) is 4.91. The quantitative estimate of drug-likeness (QED) is 0.844. The fourth-order valence-electron chi connectivity index (χ4n) is 1.35. The Morgan fingerprint density at radius 1 is 1.25 bits per heavy atom. The van der Waals surface area contributed by atoms with Crippen LogP contribution in [0.15, 0.2) is 28.7 Å². The molecule has 0 spiro atoms. The van der Waals surface area contributed by atoms with Crippen LogP contribution in [0.3, 0.4) is 0 Å². The Kier molecular flexibility index (Phi) is 4.96. The second kappa shape index (κ2) is 6.01. The zero-order valence-corrected chi connectivity index (χ0v) is 11.5. The Balaban J connectivity index is 2.55. The predicted octanol–water partition coefficient (Wildman–Crippen LogP) is 1.97. The van der Waals surface area contributed by atoms with E-state index in [0.29, 0.717) is 6.54 Å². The van der Waals surface area contributed by atoms with E-state index >= 15 is 0 Å². The fraction of sp³-hybridized carbons (Fsp3) is 0.417. The van der Waals surface area contributed by atoms with Crippen molar-refractivity contribution in [1.29, 1.82) is 0 Å². The standard InChI is InChI=1S/C12H17BrN2O/c1-14(2)12(16)9-15(3)8-10-6-4-5-7-11(10)13/h4-7H,8-9H2,1-3H3. The highest BCUT2D eigenvalue weighted by atomic mass is 79.9. The highest BCUT2D eigenvalue weighted by Crippen LogP contribution is 2.17. The average molecular weight is 285 g/mol. The molecule has 0 atom stereocenters. The van der Waals surface area contributed by atoms with E-state index in [9.17, 15) is 4.79 Å². The molecule has 0 saturated heterocycles. The Morgan fingerprint density at radius 3 is 2.44 bits per heavy atom. The van der Waals surface area contributed by atoms with Crippen LogP contribution in [0, 0.1) is 0 Å². The lowest BCUT2D eigenvalue weighted by Crippen LogP contribution is -2.34. The summed E-state index contributed by atoms with van der Waals surface area (Å²) in [4.78, 5) is 15.1. The van der Waals surface area contributed by atoms with Gasteiger partial charge in [0.2, 0.25) is 5.91 Å². The van der Waals surface area contributed by atoms with Crippen LogP contribution in [0.1, 0.15) is 5.56 Å². The summed E-state index contributed by atoms with van der Waals surface area (Å²) in [5, 5.41) is 0. The number of likely N-dealkylation sites (N-methyl/N-ethyl adjacent to an activating group) is 2. The van der Waals surface area contributed by atoms with E-state index in [-0.39, 0.29) is 5.91 Å². The van der Waals surface area contributed by atoms with Crippen molar-refractivity contribution in [2.75, 3.05) is 27.7 Å². The lowest BCUT2D eigenvalue weighted by molar-refractivity contribution is -0.129. The number of rotatable bonds is 4. The van der Waals surface area contributed by atoms with Gasteiger partial charge in [-0.1, -0.05) is 34.1 Å². The van der Waals surface area contributed by atoms with Gasteiger partial charge in [-0.15, -0.1) is 0 Å². The third-order valence-corrected chi connectivity index (χ3v) is 3.08. The van der Waals surface area contributed by atoms with Crippen molar-refractivity contribution < 1.29 is 4.79 Å². The van der Waals surface area contributed by atoms with Gasteiger partial charge in [-0.2, -0.15) is 0 Å². The molecular formula is C12H17BrN2O. The number of hydrogen-bond donors (Lipinski definition) is 0. The summed E-state index contributed by atoms with van der Waals surface area (Å²) in [5.74, 6) is 0.120. The van der Waals surface area contributed by atoms with Crippen LogP contribution in [0.2, 0.25) is 0 Å². The molecule has 0 N–H and O–H groups in total. The first-order valence-electron chi connectivity index (χ1n) is 5.13. The van der Waals surface area contributed by atoms with Gasteiger partial charge in [0.05, 0.1) is 6.54 Å². The smallest absolute Gasteiger partial charge is 0.236 e. The number of nitrogens with zero attached hydrogens (tertiary/aromatic N) is 2. The molecule has 0 aromatic heterocycles. The fourth-order valence-corrected chi connectivity index (χ4v) is 1.76. The SMILES string of the molecule is CN(CC(=O)N(C)C)Cc1ccccc1Br. The zero-order valence-electron chi connectivity index (χ0n) is 9.90. The molecule has 0 aliphatic rings. The minimum atomic E-state index is 0.120. The molecule has 0 unspecified atom stereocenters. The number of halogens is 1. The minimum absolute atomic E-state index is 0.120. The van der Waals surface area contributed by atoms with Crippen LogP contribution in [-0.2, 0) is 11.3 Å². The van der Waals surface area contributed by atoms with Crippen molar-refractivity contribution >= 4 is 21.8 Å². The molecule has 0 bridgehead atoms. The Hall–Kier alpha value is -0.870. The van der Waals surface area contributed by atoms with E-state index in [2.05, 4.69) is 22.0 Å². The zero-order chi connectivity index (χ0) is 12.1. The topological polar surface area (TPSA) is 23.6 Å². The van der Waals surface area contributed by atoms with Crippen molar-refractivity contribution in [3.8, 4) is 0 Å². The van der Waals surface area contributed by atoms with Gasteiger partial charge < -0.3 is 4.90 Å². The first-order chi connectivity index (χ1) is 7.50. The second-order valence-electron chi connectivity index (χ2n) is 4.05. The van der Waals surface area contributed by atoms with Crippen molar-refractivity contribution in [3.05, 3.63) is 34.3 Å². The van der Waals surface area contributed by atoms with E-state index in [1.165, 1.54) is 5.56 Å². The molecule has 16 heavy (non-hydrogen) atoms. The van der Waals surface area contributed by atoms with Crippen LogP contribution in [-0.4, -0.2) is 43.4 Å². The Morgan fingerprint density at radius 2 is 1.88 bits per heavy atom. The molecule has 0 radical (unpaired) electrons. The van der Waals surface area contributed by atoms with Crippen molar-refractivity contribution in [2.45, 2.75) is 6.54 Å². The number of benzene rings is 1. The van der Waals surface area contributed by atoms with E-state index in [1.807, 2.05) is 30.1 Å². The predicted molar refractivity (Wildman–Crippen MR) is 69.2 cm³/mol. The largest absolute Gasteiger partial charge is 0.348 e. The van der Waals surface area contributed by atoms with E-state index in [1.54, 1.807) is 19.0 Å². The summed E-state index contributed by atoms with van der Waals surface area (Å²) in [6.07, 6.45) is 0. The highest BCUT2D eigenvalue weighted by molar-refractivity contribution is 9.10. The van der Waals surface area contributed by atoms with Gasteiger partial charge in [-0.3, -0.25) is 9.69 Å². The summed E-state index contributed by atoms with van der Waals surface area (Å²) >= 11 is 3.50. The molecule has 1 amide bonds. The lowest BCUT2D eigenvalue weighted by atomic mass is 10.2. The molecule has 0 aliphatic carbocycles. The normalized spacial score (nSPS) is 10.6. The Labute approximate surface area is 105 Å². The number of hydrogen-bond acceptors (Lipinski definition) is 2. The molecule has 3 nitrogen and oxygen atoms in total. The molecular weight excluding hydrogens is 268 g/mol. The highest BCUT2D eigenvalue weighted by Gasteiger charge is 2.09. The van der Waals surface area contributed by atoms with Gasteiger partial charge in [-0.25, -0.2) is 0 Å². The minimum Gasteiger partial charge on any atom is -0.348 e. The summed E-state index contributed by atoms with van der Waals surface area (Å²) in [5.41, 5.74) is 1.19. The molecule has 88 valence electrons. The van der Waals surface area contributed by atoms with Gasteiger partial charge in [-0.05, 0) is 18.7 Å². The molecule has 4 heteroatoms. The van der Waals surface area contributed by atoms with Crippen LogP contribution < -0.4 is 0 Å². The summed E-state index contributed by atoms with van der Waals surface area (Å²) in [6.45, 7) is 1.20. The maximum absolute atomic E-state index is 11.5. The van der Waals surface area contributed by atoms with E-state index < -0.39 is 0 Å². The van der Waals surface area contributed by atoms with Gasteiger partial charge in [0, 0.05) is 25.1 Å². The van der Waals surface area contributed by atoms with Gasteiger partial charge >= 0.3 is 0 Å². The van der Waals surface area contributed by atoms with Crippen LogP contribution in [0.5, 0.6) is 0 Å². The van der Waals surface area contributed by atoms with Crippen molar-refractivity contribution in [3.63, 3.8) is 0 Å². The van der Waals surface area contributed by atoms with Gasteiger partial charge in [0.25, 0.3) is 0 Å². The monoisotopic (exact) mass is 284 g/mol. The van der Waals surface area contributed by atoms with E-state index in [4.69, 9.17) is 0 Å².